The summed E-state index contributed by atoms with van der Waals surface area (Å²) in [5, 5.41) is 0.907. The van der Waals surface area contributed by atoms with Crippen molar-refractivity contribution in [3.8, 4) is 0 Å². The smallest absolute Gasteiger partial charge is 0.338 e. The van der Waals surface area contributed by atoms with Crippen LogP contribution in [0.15, 0.2) is 69.7 Å². The van der Waals surface area contributed by atoms with E-state index in [1.54, 1.807) is 11.8 Å². The minimum atomic E-state index is -0.296. The number of hydrogen-bond acceptors (Lipinski definition) is 5. The Kier molecular flexibility index (Phi) is 4.32. The molecule has 0 bridgehead atoms. The number of allylic oxidation sites excluding steroid dienone is 1. The Labute approximate surface area is 157 Å². The molecule has 2 heterocycles. The van der Waals surface area contributed by atoms with Crippen molar-refractivity contribution in [2.24, 2.45) is 4.99 Å². The van der Waals surface area contributed by atoms with Gasteiger partial charge < -0.3 is 9.64 Å². The number of para-hydroxylation sites is 1. The first kappa shape index (κ1) is 16.9. The third-order valence-electron chi connectivity index (χ3n) is 4.70. The van der Waals surface area contributed by atoms with Crippen molar-refractivity contribution in [2.45, 2.75) is 31.7 Å². The van der Waals surface area contributed by atoms with Crippen LogP contribution in [0.2, 0.25) is 0 Å². The Morgan fingerprint density at radius 2 is 1.88 bits per heavy atom. The molecular formula is C21H20N2O2S. The molecule has 0 aliphatic carbocycles. The van der Waals surface area contributed by atoms with E-state index in [0.717, 1.165) is 32.6 Å². The van der Waals surface area contributed by atoms with Gasteiger partial charge >= 0.3 is 5.97 Å². The SMILES string of the molecule is CCOC(=O)C1=C(C)N=C2Sc3ccccc3N2[C@H]1c1ccccc1C. The van der Waals surface area contributed by atoms with Crippen LogP contribution >= 0.6 is 11.8 Å². The molecule has 26 heavy (non-hydrogen) atoms. The second kappa shape index (κ2) is 6.65. The Hall–Kier alpha value is -2.53. The molecule has 0 amide bonds. The van der Waals surface area contributed by atoms with Gasteiger partial charge in [-0.05, 0) is 55.8 Å². The average molecular weight is 364 g/mol. The number of anilines is 1. The quantitative estimate of drug-likeness (QED) is 0.730. The zero-order chi connectivity index (χ0) is 18.3. The van der Waals surface area contributed by atoms with Gasteiger partial charge in [0.2, 0.25) is 0 Å². The summed E-state index contributed by atoms with van der Waals surface area (Å²) in [6, 6.07) is 16.2. The summed E-state index contributed by atoms with van der Waals surface area (Å²) in [5.74, 6) is -0.296. The number of aliphatic imine (C=N–C) groups is 1. The highest BCUT2D eigenvalue weighted by atomic mass is 32.2. The van der Waals surface area contributed by atoms with Gasteiger partial charge in [-0.2, -0.15) is 0 Å². The van der Waals surface area contributed by atoms with Gasteiger partial charge in [0.1, 0.15) is 0 Å². The van der Waals surface area contributed by atoms with Crippen LogP contribution < -0.4 is 4.90 Å². The zero-order valence-electron chi connectivity index (χ0n) is 15.0. The normalized spacial score (nSPS) is 18.3. The lowest BCUT2D eigenvalue weighted by Crippen LogP contribution is -2.37. The minimum absolute atomic E-state index is 0.237. The summed E-state index contributed by atoms with van der Waals surface area (Å²) < 4.78 is 5.38. The van der Waals surface area contributed by atoms with E-state index in [-0.39, 0.29) is 12.0 Å². The fourth-order valence-electron chi connectivity index (χ4n) is 3.51. The highest BCUT2D eigenvalue weighted by molar-refractivity contribution is 8.14. The van der Waals surface area contributed by atoms with Crippen molar-refractivity contribution >= 4 is 28.6 Å². The Morgan fingerprint density at radius 3 is 2.65 bits per heavy atom. The van der Waals surface area contributed by atoms with Crippen LogP contribution in [0.3, 0.4) is 0 Å². The Balaban J connectivity index is 1.93. The Bertz CT molecular complexity index is 949. The van der Waals surface area contributed by atoms with Gasteiger partial charge in [-0.3, -0.25) is 0 Å². The molecule has 2 aromatic carbocycles. The summed E-state index contributed by atoms with van der Waals surface area (Å²) >= 11 is 1.64. The Morgan fingerprint density at radius 1 is 1.15 bits per heavy atom. The van der Waals surface area contributed by atoms with E-state index in [4.69, 9.17) is 9.73 Å². The molecular weight excluding hydrogens is 344 g/mol. The second-order valence-electron chi connectivity index (χ2n) is 6.31. The number of amidine groups is 1. The van der Waals surface area contributed by atoms with Gasteiger partial charge in [0, 0.05) is 4.90 Å². The fourth-order valence-corrected chi connectivity index (χ4v) is 4.61. The van der Waals surface area contributed by atoms with E-state index >= 15 is 0 Å². The van der Waals surface area contributed by atoms with Crippen LogP contribution in [0.4, 0.5) is 5.69 Å². The average Bonchev–Trinajstić information content (AvgIpc) is 2.99. The van der Waals surface area contributed by atoms with E-state index in [0.29, 0.717) is 12.2 Å². The van der Waals surface area contributed by atoms with Crippen LogP contribution in [0.25, 0.3) is 0 Å². The largest absolute Gasteiger partial charge is 0.463 e. The topological polar surface area (TPSA) is 41.9 Å². The molecule has 0 spiro atoms. The molecule has 0 N–H and O–H groups in total. The van der Waals surface area contributed by atoms with E-state index < -0.39 is 0 Å². The monoisotopic (exact) mass is 364 g/mol. The van der Waals surface area contributed by atoms with Crippen LogP contribution in [-0.4, -0.2) is 17.7 Å². The zero-order valence-corrected chi connectivity index (χ0v) is 15.8. The molecule has 0 fully saturated rings. The van der Waals surface area contributed by atoms with E-state index in [1.807, 2.05) is 38.1 Å². The van der Waals surface area contributed by atoms with Gasteiger partial charge in [-0.25, -0.2) is 9.79 Å². The van der Waals surface area contributed by atoms with E-state index in [2.05, 4.69) is 36.1 Å². The second-order valence-corrected chi connectivity index (χ2v) is 7.32. The number of ether oxygens (including phenoxy) is 1. The number of carbonyl (C=O) groups is 1. The minimum Gasteiger partial charge on any atom is -0.463 e. The molecule has 5 heteroatoms. The third kappa shape index (κ3) is 2.63. The molecule has 132 valence electrons. The van der Waals surface area contributed by atoms with Gasteiger partial charge in [0.05, 0.1) is 29.6 Å². The third-order valence-corrected chi connectivity index (χ3v) is 5.73. The highest BCUT2D eigenvalue weighted by Crippen LogP contribution is 2.50. The van der Waals surface area contributed by atoms with Crippen molar-refractivity contribution in [1.82, 2.24) is 0 Å². The maximum Gasteiger partial charge on any atom is 0.338 e. The summed E-state index contributed by atoms with van der Waals surface area (Å²) in [5.41, 5.74) is 4.66. The molecule has 1 atom stereocenters. The summed E-state index contributed by atoms with van der Waals surface area (Å²) in [6.45, 7) is 6.15. The van der Waals surface area contributed by atoms with Crippen molar-refractivity contribution in [1.29, 1.82) is 0 Å². The molecule has 4 rings (SSSR count). The molecule has 0 unspecified atom stereocenters. The van der Waals surface area contributed by atoms with Crippen molar-refractivity contribution in [3.63, 3.8) is 0 Å². The lowest BCUT2D eigenvalue weighted by atomic mass is 9.91. The number of fused-ring (bicyclic) bond motifs is 3. The van der Waals surface area contributed by atoms with E-state index in [9.17, 15) is 4.79 Å². The lowest BCUT2D eigenvalue weighted by molar-refractivity contribution is -0.138. The number of hydrogen-bond donors (Lipinski definition) is 0. The molecule has 4 nitrogen and oxygen atoms in total. The summed E-state index contributed by atoms with van der Waals surface area (Å²) in [7, 11) is 0. The van der Waals surface area contributed by atoms with Gasteiger partial charge in [0.15, 0.2) is 5.17 Å². The van der Waals surface area contributed by atoms with Crippen LogP contribution in [0, 0.1) is 6.92 Å². The summed E-state index contributed by atoms with van der Waals surface area (Å²) in [6.07, 6.45) is 0. The predicted molar refractivity (Wildman–Crippen MR) is 105 cm³/mol. The number of benzene rings is 2. The number of carbonyl (C=O) groups excluding carboxylic acids is 1. The number of rotatable bonds is 3. The predicted octanol–water partition coefficient (Wildman–Crippen LogP) is 4.86. The van der Waals surface area contributed by atoms with Crippen LogP contribution in [-0.2, 0) is 9.53 Å². The number of nitrogens with zero attached hydrogens (tertiary/aromatic N) is 2. The van der Waals surface area contributed by atoms with Crippen molar-refractivity contribution < 1.29 is 9.53 Å². The van der Waals surface area contributed by atoms with Crippen LogP contribution in [0.5, 0.6) is 0 Å². The highest BCUT2D eigenvalue weighted by Gasteiger charge is 2.42. The fraction of sp³-hybridized carbons (Fsp3) is 0.238. The number of aryl methyl sites for hydroxylation is 1. The van der Waals surface area contributed by atoms with E-state index in [1.165, 1.54) is 0 Å². The van der Waals surface area contributed by atoms with Crippen molar-refractivity contribution in [2.75, 3.05) is 11.5 Å². The maximum absolute atomic E-state index is 12.8. The molecule has 0 saturated heterocycles. The molecule has 0 aromatic heterocycles. The lowest BCUT2D eigenvalue weighted by Gasteiger charge is -2.35. The van der Waals surface area contributed by atoms with Gasteiger partial charge in [0.25, 0.3) is 0 Å². The number of thioether (sulfide) groups is 1. The van der Waals surface area contributed by atoms with Gasteiger partial charge in [-0.15, -0.1) is 0 Å². The molecule has 0 saturated carbocycles. The molecule has 2 aromatic rings. The summed E-state index contributed by atoms with van der Waals surface area (Å²) in [4.78, 5) is 20.9. The van der Waals surface area contributed by atoms with Crippen molar-refractivity contribution in [3.05, 3.63) is 70.9 Å². The number of esters is 1. The van der Waals surface area contributed by atoms with Crippen LogP contribution in [0.1, 0.15) is 31.0 Å². The first-order valence-electron chi connectivity index (χ1n) is 8.70. The van der Waals surface area contributed by atoms with Gasteiger partial charge in [-0.1, -0.05) is 36.4 Å². The first-order chi connectivity index (χ1) is 12.6. The molecule has 2 aliphatic heterocycles. The maximum atomic E-state index is 12.8. The first-order valence-corrected chi connectivity index (χ1v) is 9.51. The molecule has 2 aliphatic rings. The molecule has 0 radical (unpaired) electrons. The standard InChI is InChI=1S/C21H20N2O2S/c1-4-25-20(24)18-14(3)22-21-23(16-11-7-8-12-17(16)26-21)19(18)15-10-6-5-9-13(15)2/h5-12,19H,4H2,1-3H3/t19-/m0/s1.